The first kappa shape index (κ1) is 16.5. The van der Waals surface area contributed by atoms with Crippen LogP contribution in [0, 0.1) is 5.92 Å². The highest BCUT2D eigenvalue weighted by Crippen LogP contribution is 2.52. The van der Waals surface area contributed by atoms with Gasteiger partial charge in [-0.2, -0.15) is 0 Å². The molecule has 1 saturated carbocycles. The lowest BCUT2D eigenvalue weighted by molar-refractivity contribution is -0.120. The smallest absolute Gasteiger partial charge is 0.269 e. The number of hydrogen-bond acceptors (Lipinski definition) is 4. The molecule has 1 spiro atoms. The molecule has 2 aliphatic rings. The first-order chi connectivity index (χ1) is 12.9. The fourth-order valence-corrected chi connectivity index (χ4v) is 5.98. The third-order valence-corrected chi connectivity index (χ3v) is 7.58. The molecule has 27 heavy (non-hydrogen) atoms. The van der Waals surface area contributed by atoms with Crippen LogP contribution in [0.2, 0.25) is 0 Å². The Labute approximate surface area is 157 Å². The molecular weight excluding hydrogens is 362 g/mol. The predicted molar refractivity (Wildman–Crippen MR) is 102 cm³/mol. The van der Waals surface area contributed by atoms with Gasteiger partial charge < -0.3 is 5.32 Å². The minimum absolute atomic E-state index is 0.00909. The molecule has 1 fully saturated rings. The van der Waals surface area contributed by atoms with E-state index in [0.717, 1.165) is 30.2 Å². The van der Waals surface area contributed by atoms with Gasteiger partial charge in [-0.05, 0) is 43.4 Å². The predicted octanol–water partition coefficient (Wildman–Crippen LogP) is 3.28. The van der Waals surface area contributed by atoms with Gasteiger partial charge in [-0.15, -0.1) is 0 Å². The second-order valence-corrected chi connectivity index (χ2v) is 9.41. The molecule has 1 aromatic carbocycles. The second kappa shape index (κ2) is 5.42. The number of anilines is 1. The Kier molecular flexibility index (Phi) is 3.31. The highest BCUT2D eigenvalue weighted by atomic mass is 32.2. The van der Waals surface area contributed by atoms with Gasteiger partial charge in [0, 0.05) is 17.1 Å². The number of rotatable bonds is 2. The molecule has 0 saturated heterocycles. The molecule has 1 aliphatic carbocycles. The zero-order valence-corrected chi connectivity index (χ0v) is 15.7. The van der Waals surface area contributed by atoms with Crippen molar-refractivity contribution >= 4 is 32.7 Å². The van der Waals surface area contributed by atoms with Crippen LogP contribution in [0.25, 0.3) is 11.0 Å². The van der Waals surface area contributed by atoms with Gasteiger partial charge in [-0.1, -0.05) is 25.1 Å². The minimum Gasteiger partial charge on any atom is -0.324 e. The number of amides is 1. The number of nitrogens with zero attached hydrogens (tertiary/aromatic N) is 2. The third-order valence-electron chi connectivity index (χ3n) is 5.90. The fourth-order valence-electron chi connectivity index (χ4n) is 4.65. The van der Waals surface area contributed by atoms with Gasteiger partial charge in [0.25, 0.3) is 10.0 Å². The summed E-state index contributed by atoms with van der Waals surface area (Å²) in [5.41, 5.74) is 1.41. The van der Waals surface area contributed by atoms with Gasteiger partial charge in [0.1, 0.15) is 0 Å². The first-order valence-electron chi connectivity index (χ1n) is 9.06. The van der Waals surface area contributed by atoms with E-state index < -0.39 is 15.4 Å². The number of fused-ring (bicyclic) bond motifs is 4. The van der Waals surface area contributed by atoms with E-state index in [-0.39, 0.29) is 10.8 Å². The lowest BCUT2D eigenvalue weighted by Crippen LogP contribution is -2.31. The topological polar surface area (TPSA) is 81.1 Å². The van der Waals surface area contributed by atoms with E-state index in [9.17, 15) is 13.2 Å². The summed E-state index contributed by atoms with van der Waals surface area (Å²) >= 11 is 0. The Morgan fingerprint density at radius 1 is 1.22 bits per heavy atom. The highest BCUT2D eigenvalue weighted by molar-refractivity contribution is 7.90. The van der Waals surface area contributed by atoms with Crippen LogP contribution < -0.4 is 5.32 Å². The van der Waals surface area contributed by atoms with Crippen molar-refractivity contribution in [3.8, 4) is 0 Å². The third kappa shape index (κ3) is 2.15. The van der Waals surface area contributed by atoms with Gasteiger partial charge in [-0.3, -0.25) is 4.79 Å². The standard InChI is InChI=1S/C20H19N3O3S/c1-13-7-9-20(11-13)17-15-8-10-23(18(15)21-12-16(17)22-19(20)24)27(25,26)14-5-3-2-4-6-14/h2-6,8,10,12-13H,7,9,11H2,1H3,(H,22,24)/t13-,20+/m1/s1. The van der Waals surface area contributed by atoms with E-state index in [4.69, 9.17) is 0 Å². The molecule has 6 nitrogen and oxygen atoms in total. The molecule has 1 N–H and O–H groups in total. The van der Waals surface area contributed by atoms with Crippen LogP contribution in [0.5, 0.6) is 0 Å². The van der Waals surface area contributed by atoms with Gasteiger partial charge in [0.05, 0.1) is 22.2 Å². The van der Waals surface area contributed by atoms with E-state index in [1.54, 1.807) is 42.6 Å². The molecule has 0 bridgehead atoms. The number of carbonyl (C=O) groups is 1. The van der Waals surface area contributed by atoms with Crippen molar-refractivity contribution in [3.05, 3.63) is 54.4 Å². The van der Waals surface area contributed by atoms with Gasteiger partial charge in [-0.25, -0.2) is 17.4 Å². The number of pyridine rings is 1. The maximum Gasteiger partial charge on any atom is 0.269 e. The zero-order valence-electron chi connectivity index (χ0n) is 14.8. The Balaban J connectivity index is 1.75. The fraction of sp³-hybridized carbons (Fsp3) is 0.300. The average Bonchev–Trinajstić information content (AvgIpc) is 3.33. The molecule has 3 heterocycles. The van der Waals surface area contributed by atoms with Crippen LogP contribution in [-0.2, 0) is 20.2 Å². The quantitative estimate of drug-likeness (QED) is 0.739. The molecule has 2 atom stereocenters. The monoisotopic (exact) mass is 381 g/mol. The summed E-state index contributed by atoms with van der Waals surface area (Å²) in [4.78, 5) is 17.4. The van der Waals surface area contributed by atoms with Crippen LogP contribution in [0.1, 0.15) is 31.7 Å². The molecule has 5 rings (SSSR count). The Morgan fingerprint density at radius 3 is 2.70 bits per heavy atom. The average molecular weight is 381 g/mol. The van der Waals surface area contributed by atoms with Crippen molar-refractivity contribution in [1.82, 2.24) is 8.96 Å². The Bertz CT molecular complexity index is 1180. The summed E-state index contributed by atoms with van der Waals surface area (Å²) < 4.78 is 27.4. The summed E-state index contributed by atoms with van der Waals surface area (Å²) in [6.45, 7) is 2.16. The van der Waals surface area contributed by atoms with Crippen molar-refractivity contribution < 1.29 is 13.2 Å². The number of nitrogens with one attached hydrogen (secondary N) is 1. The molecule has 0 radical (unpaired) electrons. The van der Waals surface area contributed by atoms with E-state index in [2.05, 4.69) is 17.2 Å². The number of hydrogen-bond donors (Lipinski definition) is 1. The molecule has 3 aromatic rings. The van der Waals surface area contributed by atoms with Gasteiger partial charge >= 0.3 is 0 Å². The lowest BCUT2D eigenvalue weighted by atomic mass is 9.78. The lowest BCUT2D eigenvalue weighted by Gasteiger charge is -2.22. The van der Waals surface area contributed by atoms with Crippen molar-refractivity contribution in [3.63, 3.8) is 0 Å². The Hall–Kier alpha value is -2.67. The maximum absolute atomic E-state index is 13.1. The van der Waals surface area contributed by atoms with Crippen molar-refractivity contribution in [2.24, 2.45) is 5.92 Å². The highest BCUT2D eigenvalue weighted by Gasteiger charge is 2.51. The van der Waals surface area contributed by atoms with Crippen molar-refractivity contribution in [2.75, 3.05) is 5.32 Å². The van der Waals surface area contributed by atoms with Crippen molar-refractivity contribution in [1.29, 1.82) is 0 Å². The van der Waals surface area contributed by atoms with E-state index in [1.165, 1.54) is 10.2 Å². The number of aromatic nitrogens is 2. The van der Waals surface area contributed by atoms with Crippen molar-refractivity contribution in [2.45, 2.75) is 36.5 Å². The molecule has 0 unspecified atom stereocenters. The van der Waals surface area contributed by atoms with Gasteiger partial charge in [0.2, 0.25) is 5.91 Å². The van der Waals surface area contributed by atoms with E-state index in [0.29, 0.717) is 17.3 Å². The number of benzene rings is 1. The molecule has 2 aromatic heterocycles. The summed E-state index contributed by atoms with van der Waals surface area (Å²) in [7, 11) is -3.75. The SMILES string of the molecule is C[C@@H]1CC[C@@]2(C1)C(=O)Nc1cnc3c(ccn3S(=O)(=O)c3ccccc3)c12. The van der Waals surface area contributed by atoms with Crippen LogP contribution in [0.4, 0.5) is 5.69 Å². The normalized spacial score (nSPS) is 24.5. The largest absolute Gasteiger partial charge is 0.324 e. The summed E-state index contributed by atoms with van der Waals surface area (Å²) in [6.07, 6.45) is 5.67. The van der Waals surface area contributed by atoms with Crippen LogP contribution in [0.15, 0.2) is 53.7 Å². The van der Waals surface area contributed by atoms with Gasteiger partial charge in [0.15, 0.2) is 5.65 Å². The molecule has 138 valence electrons. The van der Waals surface area contributed by atoms with E-state index >= 15 is 0 Å². The molecule has 7 heteroatoms. The summed E-state index contributed by atoms with van der Waals surface area (Å²) in [5.74, 6) is 0.467. The zero-order chi connectivity index (χ0) is 18.8. The summed E-state index contributed by atoms with van der Waals surface area (Å²) in [5, 5.41) is 3.70. The number of carbonyl (C=O) groups excluding carboxylic acids is 1. The molecule has 1 aliphatic heterocycles. The van der Waals surface area contributed by atoms with E-state index in [1.807, 2.05) is 0 Å². The van der Waals surface area contributed by atoms with Crippen LogP contribution >= 0.6 is 0 Å². The van der Waals surface area contributed by atoms with Crippen LogP contribution in [0.3, 0.4) is 0 Å². The van der Waals surface area contributed by atoms with Crippen LogP contribution in [-0.4, -0.2) is 23.3 Å². The second-order valence-electron chi connectivity index (χ2n) is 7.60. The minimum atomic E-state index is -3.75. The maximum atomic E-state index is 13.1. The summed E-state index contributed by atoms with van der Waals surface area (Å²) in [6, 6.07) is 10.1. The molecule has 1 amide bonds. The molecular formula is C20H19N3O3S. The Morgan fingerprint density at radius 2 is 2.00 bits per heavy atom. The first-order valence-corrected chi connectivity index (χ1v) is 10.5.